The number of imidazole rings is 1. The Labute approximate surface area is 255 Å². The summed E-state index contributed by atoms with van der Waals surface area (Å²) in [7, 11) is 0. The van der Waals surface area contributed by atoms with Crippen molar-refractivity contribution in [1.29, 1.82) is 0 Å². The number of rotatable bonds is 12. The predicted octanol–water partition coefficient (Wildman–Crippen LogP) is 9.02. The van der Waals surface area contributed by atoms with E-state index in [2.05, 4.69) is 126 Å². The fourth-order valence-electron chi connectivity index (χ4n) is 5.94. The molecule has 1 aliphatic heterocycles. The van der Waals surface area contributed by atoms with E-state index >= 15 is 0 Å². The van der Waals surface area contributed by atoms with Crippen LogP contribution in [0.15, 0.2) is 139 Å². The molecule has 3 aromatic carbocycles. The van der Waals surface area contributed by atoms with Crippen LogP contribution in [0.1, 0.15) is 43.9 Å². The predicted molar refractivity (Wildman–Crippen MR) is 173 cm³/mol. The largest absolute Gasteiger partial charge is 0.466 e. The molecule has 0 spiro atoms. The van der Waals surface area contributed by atoms with Gasteiger partial charge in [-0.3, -0.25) is 4.90 Å². The molecule has 0 fully saturated rings. The number of unbranched alkanes of at least 4 members (excludes halogenated alkanes) is 1. The van der Waals surface area contributed by atoms with Crippen LogP contribution in [-0.2, 0) is 29.1 Å². The van der Waals surface area contributed by atoms with Crippen LogP contribution < -0.4 is 0 Å². The maximum atomic E-state index is 6.16. The van der Waals surface area contributed by atoms with Gasteiger partial charge in [-0.25, -0.2) is 4.98 Å². The zero-order chi connectivity index (χ0) is 29.3. The van der Waals surface area contributed by atoms with Crippen LogP contribution in [0.2, 0.25) is 0 Å². The fourth-order valence-corrected chi connectivity index (χ4v) is 5.94. The highest BCUT2D eigenvalue weighted by molar-refractivity contribution is 5.68. The molecule has 1 aromatic heterocycles. The molecule has 218 valence electrons. The minimum Gasteiger partial charge on any atom is -0.466 e. The highest BCUT2D eigenvalue weighted by Gasteiger charge is 2.32. The third kappa shape index (κ3) is 6.73. The lowest BCUT2D eigenvalue weighted by Crippen LogP contribution is -2.39. The zero-order valence-corrected chi connectivity index (χ0v) is 24.8. The SMILES string of the molecule is CCCCn1c(-c2ccccc2)nc(-c2ccccc2)c1CN(Cc1ccccc1)C(C1=CC=CCC1)C1=COC=CO1. The van der Waals surface area contributed by atoms with Crippen molar-refractivity contribution in [1.82, 2.24) is 14.5 Å². The Kier molecular flexibility index (Phi) is 9.31. The second-order valence-corrected chi connectivity index (χ2v) is 11.0. The van der Waals surface area contributed by atoms with Crippen LogP contribution in [0.25, 0.3) is 22.6 Å². The van der Waals surface area contributed by atoms with Gasteiger partial charge in [-0.05, 0) is 30.4 Å². The molecule has 1 atom stereocenters. The molecule has 43 heavy (non-hydrogen) atoms. The fraction of sp³-hybridized carbons (Fsp3) is 0.237. The number of benzene rings is 3. The zero-order valence-electron chi connectivity index (χ0n) is 24.8. The van der Waals surface area contributed by atoms with E-state index in [1.54, 1.807) is 18.8 Å². The second kappa shape index (κ2) is 14.0. The number of hydrogen-bond donors (Lipinski definition) is 0. The first-order chi connectivity index (χ1) is 21.3. The Morgan fingerprint density at radius 1 is 0.860 bits per heavy atom. The van der Waals surface area contributed by atoms with Gasteiger partial charge in [0.2, 0.25) is 0 Å². The van der Waals surface area contributed by atoms with Crippen molar-refractivity contribution in [3.63, 3.8) is 0 Å². The van der Waals surface area contributed by atoms with Gasteiger partial charge in [-0.2, -0.15) is 0 Å². The van der Waals surface area contributed by atoms with E-state index in [9.17, 15) is 0 Å². The molecule has 5 heteroatoms. The third-order valence-corrected chi connectivity index (χ3v) is 8.02. The first-order valence-corrected chi connectivity index (χ1v) is 15.3. The van der Waals surface area contributed by atoms with Crippen molar-refractivity contribution in [2.75, 3.05) is 0 Å². The van der Waals surface area contributed by atoms with Crippen molar-refractivity contribution in [2.45, 2.75) is 58.3 Å². The highest BCUT2D eigenvalue weighted by atomic mass is 16.5. The van der Waals surface area contributed by atoms with Crippen LogP contribution in [0, 0.1) is 0 Å². The van der Waals surface area contributed by atoms with Gasteiger partial charge in [-0.1, -0.05) is 123 Å². The number of hydrogen-bond acceptors (Lipinski definition) is 4. The van der Waals surface area contributed by atoms with Crippen molar-refractivity contribution in [3.05, 3.63) is 151 Å². The van der Waals surface area contributed by atoms with Gasteiger partial charge in [0.15, 0.2) is 5.76 Å². The van der Waals surface area contributed by atoms with Gasteiger partial charge < -0.3 is 14.0 Å². The van der Waals surface area contributed by atoms with E-state index in [1.807, 2.05) is 0 Å². The minimum atomic E-state index is -0.103. The molecule has 1 aliphatic carbocycles. The van der Waals surface area contributed by atoms with E-state index in [0.29, 0.717) is 6.54 Å². The van der Waals surface area contributed by atoms with Crippen LogP contribution in [0.3, 0.4) is 0 Å². The number of ether oxygens (including phenoxy) is 2. The molecule has 0 N–H and O–H groups in total. The van der Waals surface area contributed by atoms with Crippen LogP contribution in [0.5, 0.6) is 0 Å². The summed E-state index contributed by atoms with van der Waals surface area (Å²) in [5, 5.41) is 0. The van der Waals surface area contributed by atoms with Crippen molar-refractivity contribution in [3.8, 4) is 22.6 Å². The Balaban J connectivity index is 1.52. The molecule has 5 nitrogen and oxygen atoms in total. The summed E-state index contributed by atoms with van der Waals surface area (Å²) in [6, 6.07) is 31.8. The molecular formula is C38H39N3O2. The molecule has 0 amide bonds. The van der Waals surface area contributed by atoms with Crippen LogP contribution in [-0.4, -0.2) is 20.5 Å². The Morgan fingerprint density at radius 3 is 2.23 bits per heavy atom. The third-order valence-electron chi connectivity index (χ3n) is 8.02. The normalized spacial score (nSPS) is 15.0. The van der Waals surface area contributed by atoms with E-state index in [1.165, 1.54) is 16.8 Å². The van der Waals surface area contributed by atoms with Gasteiger partial charge in [-0.15, -0.1) is 0 Å². The van der Waals surface area contributed by atoms with E-state index in [-0.39, 0.29) is 6.04 Å². The summed E-state index contributed by atoms with van der Waals surface area (Å²) in [4.78, 5) is 7.90. The number of allylic oxidation sites excluding steroid dienone is 3. The molecule has 0 saturated carbocycles. The Bertz CT molecular complexity index is 1600. The molecule has 2 heterocycles. The summed E-state index contributed by atoms with van der Waals surface area (Å²) in [5.74, 6) is 1.81. The van der Waals surface area contributed by atoms with Gasteiger partial charge in [0.05, 0.1) is 17.4 Å². The minimum absolute atomic E-state index is 0.103. The topological polar surface area (TPSA) is 39.5 Å². The molecular weight excluding hydrogens is 530 g/mol. The lowest BCUT2D eigenvalue weighted by molar-refractivity contribution is 0.146. The molecule has 4 aromatic rings. The summed E-state index contributed by atoms with van der Waals surface area (Å²) >= 11 is 0. The van der Waals surface area contributed by atoms with E-state index in [4.69, 9.17) is 14.5 Å². The summed E-state index contributed by atoms with van der Waals surface area (Å²) in [6.07, 6.45) is 15.8. The summed E-state index contributed by atoms with van der Waals surface area (Å²) < 4.78 is 14.3. The molecule has 2 aliphatic rings. The molecule has 0 saturated heterocycles. The molecule has 0 bridgehead atoms. The average molecular weight is 570 g/mol. The molecule has 6 rings (SSSR count). The average Bonchev–Trinajstić information content (AvgIpc) is 3.44. The maximum Gasteiger partial charge on any atom is 0.160 e. The van der Waals surface area contributed by atoms with Crippen LogP contribution >= 0.6 is 0 Å². The van der Waals surface area contributed by atoms with Crippen molar-refractivity contribution >= 4 is 0 Å². The quantitative estimate of drug-likeness (QED) is 0.171. The second-order valence-electron chi connectivity index (χ2n) is 11.0. The monoisotopic (exact) mass is 569 g/mol. The van der Waals surface area contributed by atoms with Crippen LogP contribution in [0.4, 0.5) is 0 Å². The lowest BCUT2D eigenvalue weighted by Gasteiger charge is -2.35. The van der Waals surface area contributed by atoms with Crippen molar-refractivity contribution in [2.24, 2.45) is 0 Å². The first-order valence-electron chi connectivity index (χ1n) is 15.3. The standard InChI is InChI=1S/C38H39N3O2/c1-2-3-24-41-34(36(31-18-10-5-11-19-31)39-38(41)33-22-14-7-15-23-33)28-40(27-30-16-8-4-9-17-30)37(32-20-12-6-13-21-32)35-29-42-25-26-43-35/h4-12,14-20,22-23,25-26,29,37H,2-3,13,21,24,27-28H2,1H3. The molecule has 1 unspecified atom stereocenters. The smallest absolute Gasteiger partial charge is 0.160 e. The van der Waals surface area contributed by atoms with Gasteiger partial charge >= 0.3 is 0 Å². The lowest BCUT2D eigenvalue weighted by atomic mass is 9.94. The van der Waals surface area contributed by atoms with Gasteiger partial charge in [0.1, 0.15) is 24.6 Å². The molecule has 0 radical (unpaired) electrons. The Hall–Kier alpha value is -4.61. The van der Waals surface area contributed by atoms with Gasteiger partial charge in [0, 0.05) is 30.8 Å². The number of aromatic nitrogens is 2. The number of nitrogens with zero attached hydrogens (tertiary/aromatic N) is 3. The Morgan fingerprint density at radius 2 is 1.58 bits per heavy atom. The van der Waals surface area contributed by atoms with Gasteiger partial charge in [0.25, 0.3) is 0 Å². The van der Waals surface area contributed by atoms with E-state index in [0.717, 1.165) is 67.2 Å². The highest BCUT2D eigenvalue weighted by Crippen LogP contribution is 2.35. The van der Waals surface area contributed by atoms with Crippen molar-refractivity contribution < 1.29 is 9.47 Å². The maximum absolute atomic E-state index is 6.16. The summed E-state index contributed by atoms with van der Waals surface area (Å²) in [5.41, 5.74) is 7.05. The summed E-state index contributed by atoms with van der Waals surface area (Å²) in [6.45, 7) is 4.57. The van der Waals surface area contributed by atoms with E-state index < -0.39 is 0 Å². The first kappa shape index (κ1) is 28.5.